The van der Waals surface area contributed by atoms with Crippen LogP contribution in [-0.2, 0) is 0 Å². The van der Waals surface area contributed by atoms with E-state index in [1.54, 1.807) is 6.20 Å². The van der Waals surface area contributed by atoms with Crippen molar-refractivity contribution in [3.8, 4) is 11.1 Å². The van der Waals surface area contributed by atoms with E-state index in [1.165, 1.54) is 5.56 Å². The molecule has 1 aromatic heterocycles. The second kappa shape index (κ2) is 3.61. The minimum atomic E-state index is 0.385. The van der Waals surface area contributed by atoms with Gasteiger partial charge in [0.05, 0.1) is 5.69 Å². The summed E-state index contributed by atoms with van der Waals surface area (Å²) in [7, 11) is 0. The molecule has 0 saturated heterocycles. The number of pyridine rings is 1. The summed E-state index contributed by atoms with van der Waals surface area (Å²) < 4.78 is 0. The standard InChI is InChI=1S/C12H13N3/c1-8-4-2-3-5-9(8)10-6-7-15-12(14)11(10)13/h2-7H,13H2,1H3,(H2,14,15). The number of aryl methyl sites for hydroxylation is 1. The SMILES string of the molecule is Cc1ccccc1-c1ccnc(N)c1N. The van der Waals surface area contributed by atoms with Gasteiger partial charge >= 0.3 is 0 Å². The second-order valence-electron chi connectivity index (χ2n) is 3.47. The molecule has 0 aliphatic carbocycles. The molecule has 0 saturated carbocycles. The van der Waals surface area contributed by atoms with Crippen LogP contribution in [0.25, 0.3) is 11.1 Å². The van der Waals surface area contributed by atoms with Crippen LogP contribution < -0.4 is 11.5 Å². The molecule has 3 nitrogen and oxygen atoms in total. The van der Waals surface area contributed by atoms with Gasteiger partial charge in [0, 0.05) is 11.8 Å². The number of nitrogens with zero attached hydrogens (tertiary/aromatic N) is 1. The fourth-order valence-corrected chi connectivity index (χ4v) is 1.60. The third kappa shape index (κ3) is 1.64. The Morgan fingerprint density at radius 2 is 1.73 bits per heavy atom. The van der Waals surface area contributed by atoms with E-state index in [4.69, 9.17) is 11.5 Å². The Hall–Kier alpha value is -2.03. The first-order valence-electron chi connectivity index (χ1n) is 4.76. The van der Waals surface area contributed by atoms with Crippen LogP contribution in [0.3, 0.4) is 0 Å². The smallest absolute Gasteiger partial charge is 0.147 e. The van der Waals surface area contributed by atoms with Gasteiger partial charge in [0.25, 0.3) is 0 Å². The average molecular weight is 199 g/mol. The van der Waals surface area contributed by atoms with E-state index in [0.717, 1.165) is 11.1 Å². The van der Waals surface area contributed by atoms with E-state index < -0.39 is 0 Å². The van der Waals surface area contributed by atoms with Gasteiger partial charge in [-0.25, -0.2) is 4.98 Å². The summed E-state index contributed by atoms with van der Waals surface area (Å²) in [5.74, 6) is 0.385. The average Bonchev–Trinajstić information content (AvgIpc) is 2.23. The summed E-state index contributed by atoms with van der Waals surface area (Å²) in [6.45, 7) is 2.05. The second-order valence-corrected chi connectivity index (χ2v) is 3.47. The molecule has 0 aliphatic heterocycles. The van der Waals surface area contributed by atoms with Crippen LogP contribution >= 0.6 is 0 Å². The topological polar surface area (TPSA) is 64.9 Å². The maximum absolute atomic E-state index is 5.90. The molecule has 0 amide bonds. The van der Waals surface area contributed by atoms with E-state index in [9.17, 15) is 0 Å². The number of hydrogen-bond acceptors (Lipinski definition) is 3. The number of anilines is 2. The Balaban J connectivity index is 2.65. The van der Waals surface area contributed by atoms with E-state index in [-0.39, 0.29) is 0 Å². The van der Waals surface area contributed by atoms with Crippen LogP contribution in [-0.4, -0.2) is 4.98 Å². The molecule has 0 unspecified atom stereocenters. The molecule has 2 aromatic rings. The summed E-state index contributed by atoms with van der Waals surface area (Å²) in [4.78, 5) is 3.95. The maximum Gasteiger partial charge on any atom is 0.147 e. The lowest BCUT2D eigenvalue weighted by Gasteiger charge is -2.09. The number of benzene rings is 1. The fourth-order valence-electron chi connectivity index (χ4n) is 1.60. The summed E-state index contributed by atoms with van der Waals surface area (Å²) in [5, 5.41) is 0. The highest BCUT2D eigenvalue weighted by Crippen LogP contribution is 2.30. The summed E-state index contributed by atoms with van der Waals surface area (Å²) in [5.41, 5.74) is 15.3. The van der Waals surface area contributed by atoms with Gasteiger partial charge in [-0.05, 0) is 24.1 Å². The van der Waals surface area contributed by atoms with Crippen molar-refractivity contribution in [2.45, 2.75) is 6.92 Å². The first-order valence-corrected chi connectivity index (χ1v) is 4.76. The predicted octanol–water partition coefficient (Wildman–Crippen LogP) is 2.22. The van der Waals surface area contributed by atoms with Crippen molar-refractivity contribution in [3.63, 3.8) is 0 Å². The van der Waals surface area contributed by atoms with Gasteiger partial charge in [-0.2, -0.15) is 0 Å². The summed E-state index contributed by atoms with van der Waals surface area (Å²) >= 11 is 0. The lowest BCUT2D eigenvalue weighted by atomic mass is 10.0. The third-order valence-corrected chi connectivity index (χ3v) is 2.46. The van der Waals surface area contributed by atoms with Crippen molar-refractivity contribution >= 4 is 11.5 Å². The molecule has 0 radical (unpaired) electrons. The first kappa shape index (κ1) is 9.52. The quantitative estimate of drug-likeness (QED) is 0.740. The van der Waals surface area contributed by atoms with Crippen molar-refractivity contribution in [1.82, 2.24) is 4.98 Å². The van der Waals surface area contributed by atoms with Crippen LogP contribution in [0.4, 0.5) is 11.5 Å². The van der Waals surface area contributed by atoms with Crippen LogP contribution in [0.15, 0.2) is 36.5 Å². The van der Waals surface area contributed by atoms with Crippen LogP contribution in [0.1, 0.15) is 5.56 Å². The monoisotopic (exact) mass is 199 g/mol. The van der Waals surface area contributed by atoms with E-state index in [2.05, 4.69) is 4.98 Å². The zero-order valence-electron chi connectivity index (χ0n) is 8.57. The Labute approximate surface area is 88.8 Å². The highest BCUT2D eigenvalue weighted by molar-refractivity contribution is 5.83. The van der Waals surface area contributed by atoms with Crippen molar-refractivity contribution in [3.05, 3.63) is 42.1 Å². The van der Waals surface area contributed by atoms with Crippen molar-refractivity contribution < 1.29 is 0 Å². The van der Waals surface area contributed by atoms with E-state index in [1.807, 2.05) is 37.3 Å². The highest BCUT2D eigenvalue weighted by Gasteiger charge is 2.07. The summed E-state index contributed by atoms with van der Waals surface area (Å²) in [6.07, 6.45) is 1.67. The van der Waals surface area contributed by atoms with Crippen molar-refractivity contribution in [1.29, 1.82) is 0 Å². The molecule has 15 heavy (non-hydrogen) atoms. The molecule has 0 atom stereocenters. The Morgan fingerprint density at radius 1 is 1.00 bits per heavy atom. The number of rotatable bonds is 1. The Bertz CT molecular complexity index is 492. The van der Waals surface area contributed by atoms with Crippen LogP contribution in [0.5, 0.6) is 0 Å². The van der Waals surface area contributed by atoms with Gasteiger partial charge < -0.3 is 11.5 Å². The number of nitrogens with two attached hydrogens (primary N) is 2. The third-order valence-electron chi connectivity index (χ3n) is 2.46. The molecule has 0 fully saturated rings. The molecule has 0 aliphatic rings. The van der Waals surface area contributed by atoms with Gasteiger partial charge in [0.15, 0.2) is 0 Å². The molecule has 0 bridgehead atoms. The minimum absolute atomic E-state index is 0.385. The number of nitrogen functional groups attached to an aromatic ring is 2. The lowest BCUT2D eigenvalue weighted by Crippen LogP contribution is -2.00. The predicted molar refractivity (Wildman–Crippen MR) is 63.2 cm³/mol. The van der Waals surface area contributed by atoms with Crippen LogP contribution in [0, 0.1) is 6.92 Å². The highest BCUT2D eigenvalue weighted by atomic mass is 14.9. The van der Waals surface area contributed by atoms with Crippen LogP contribution in [0.2, 0.25) is 0 Å². The van der Waals surface area contributed by atoms with Gasteiger partial charge in [-0.15, -0.1) is 0 Å². The van der Waals surface area contributed by atoms with Gasteiger partial charge in [0.1, 0.15) is 5.82 Å². The number of aromatic nitrogens is 1. The van der Waals surface area contributed by atoms with E-state index >= 15 is 0 Å². The van der Waals surface area contributed by atoms with Gasteiger partial charge in [-0.1, -0.05) is 24.3 Å². The normalized spacial score (nSPS) is 10.2. The van der Waals surface area contributed by atoms with Gasteiger partial charge in [-0.3, -0.25) is 0 Å². The molecule has 2 rings (SSSR count). The van der Waals surface area contributed by atoms with Crippen molar-refractivity contribution in [2.24, 2.45) is 0 Å². The molecule has 0 spiro atoms. The van der Waals surface area contributed by atoms with Gasteiger partial charge in [0.2, 0.25) is 0 Å². The molecule has 3 heteroatoms. The molecule has 1 aromatic carbocycles. The van der Waals surface area contributed by atoms with Crippen molar-refractivity contribution in [2.75, 3.05) is 11.5 Å². The first-order chi connectivity index (χ1) is 7.20. The largest absolute Gasteiger partial charge is 0.395 e. The Morgan fingerprint density at radius 3 is 2.47 bits per heavy atom. The summed E-state index contributed by atoms with van der Waals surface area (Å²) in [6, 6.07) is 9.94. The molecular weight excluding hydrogens is 186 g/mol. The molecular formula is C12H13N3. The molecule has 1 heterocycles. The molecule has 4 N–H and O–H groups in total. The zero-order chi connectivity index (χ0) is 10.8. The number of hydrogen-bond donors (Lipinski definition) is 2. The van der Waals surface area contributed by atoms with E-state index in [0.29, 0.717) is 11.5 Å². The fraction of sp³-hybridized carbons (Fsp3) is 0.0833. The lowest BCUT2D eigenvalue weighted by molar-refractivity contribution is 1.33. The minimum Gasteiger partial charge on any atom is -0.395 e. The molecule has 76 valence electrons. The zero-order valence-corrected chi connectivity index (χ0v) is 8.57. The maximum atomic E-state index is 5.90. The Kier molecular flexibility index (Phi) is 2.29.